The average molecular weight is 252 g/mol. The van der Waals surface area contributed by atoms with E-state index in [4.69, 9.17) is 22.1 Å². The van der Waals surface area contributed by atoms with Crippen molar-refractivity contribution in [1.29, 1.82) is 0 Å². The van der Waals surface area contributed by atoms with E-state index in [-0.39, 0.29) is 5.54 Å². The summed E-state index contributed by atoms with van der Waals surface area (Å²) in [5, 5.41) is 0.818. The Kier molecular flexibility index (Phi) is 2.80. The van der Waals surface area contributed by atoms with Gasteiger partial charge in [-0.05, 0) is 30.5 Å². The van der Waals surface area contributed by atoms with Gasteiger partial charge in [0.05, 0.1) is 6.61 Å². The van der Waals surface area contributed by atoms with Gasteiger partial charge in [0.2, 0.25) is 0 Å². The predicted octanol–water partition coefficient (Wildman–Crippen LogP) is 3.39. The number of rotatable bonds is 1. The third-order valence-corrected chi connectivity index (χ3v) is 4.39. The molecule has 1 aromatic carbocycles. The number of fused-ring (bicyclic) bond motifs is 1. The van der Waals surface area contributed by atoms with E-state index in [1.54, 1.807) is 0 Å². The standard InChI is InChI=1S/C14H18ClNO/c15-11-4-5-12-10(6-9-17-12)13(11)14(16)7-2-1-3-8-14/h4-5H,1-3,6-9,16H2. The van der Waals surface area contributed by atoms with Gasteiger partial charge in [0.15, 0.2) is 0 Å². The monoisotopic (exact) mass is 251 g/mol. The van der Waals surface area contributed by atoms with Gasteiger partial charge < -0.3 is 10.5 Å². The first-order valence-corrected chi connectivity index (χ1v) is 6.82. The molecular weight excluding hydrogens is 234 g/mol. The minimum atomic E-state index is -0.228. The Morgan fingerprint density at radius 2 is 1.94 bits per heavy atom. The van der Waals surface area contributed by atoms with E-state index in [0.717, 1.165) is 42.2 Å². The van der Waals surface area contributed by atoms with Crippen LogP contribution in [-0.4, -0.2) is 6.61 Å². The second-order valence-corrected chi connectivity index (χ2v) is 5.62. The summed E-state index contributed by atoms with van der Waals surface area (Å²) >= 11 is 6.40. The molecule has 0 unspecified atom stereocenters. The summed E-state index contributed by atoms with van der Waals surface area (Å²) in [6.07, 6.45) is 6.74. The second kappa shape index (κ2) is 4.18. The van der Waals surface area contributed by atoms with Crippen LogP contribution < -0.4 is 10.5 Å². The summed E-state index contributed by atoms with van der Waals surface area (Å²) < 4.78 is 5.62. The fraction of sp³-hybridized carbons (Fsp3) is 0.571. The SMILES string of the molecule is NC1(c2c(Cl)ccc3c2CCO3)CCCCC1. The van der Waals surface area contributed by atoms with Crippen LogP contribution in [0.5, 0.6) is 5.75 Å². The van der Waals surface area contributed by atoms with Gasteiger partial charge in [-0.25, -0.2) is 0 Å². The van der Waals surface area contributed by atoms with Crippen molar-refractivity contribution in [3.05, 3.63) is 28.3 Å². The lowest BCUT2D eigenvalue weighted by atomic mass is 9.75. The molecule has 3 rings (SSSR count). The quantitative estimate of drug-likeness (QED) is 0.830. The van der Waals surface area contributed by atoms with E-state index in [0.29, 0.717) is 0 Å². The molecule has 0 radical (unpaired) electrons. The highest BCUT2D eigenvalue weighted by Crippen LogP contribution is 2.44. The molecule has 2 N–H and O–H groups in total. The summed E-state index contributed by atoms with van der Waals surface area (Å²) in [5.74, 6) is 0.986. The molecule has 2 aliphatic rings. The van der Waals surface area contributed by atoms with E-state index in [2.05, 4.69) is 0 Å². The maximum absolute atomic E-state index is 6.61. The zero-order valence-corrected chi connectivity index (χ0v) is 10.7. The van der Waals surface area contributed by atoms with Crippen LogP contribution in [0.15, 0.2) is 12.1 Å². The van der Waals surface area contributed by atoms with Gasteiger partial charge in [0.25, 0.3) is 0 Å². The number of benzene rings is 1. The van der Waals surface area contributed by atoms with Crippen molar-refractivity contribution < 1.29 is 4.74 Å². The van der Waals surface area contributed by atoms with Crippen molar-refractivity contribution in [1.82, 2.24) is 0 Å². The van der Waals surface area contributed by atoms with Crippen LogP contribution in [-0.2, 0) is 12.0 Å². The van der Waals surface area contributed by atoms with E-state index >= 15 is 0 Å². The molecule has 1 aliphatic heterocycles. The van der Waals surface area contributed by atoms with Crippen LogP contribution in [0, 0.1) is 0 Å². The van der Waals surface area contributed by atoms with Gasteiger partial charge in [-0.2, -0.15) is 0 Å². The fourth-order valence-corrected chi connectivity index (χ4v) is 3.58. The van der Waals surface area contributed by atoms with E-state index in [9.17, 15) is 0 Å². The molecule has 0 atom stereocenters. The lowest BCUT2D eigenvalue weighted by molar-refractivity contribution is 0.301. The highest BCUT2D eigenvalue weighted by Gasteiger charge is 2.35. The van der Waals surface area contributed by atoms with Crippen LogP contribution in [0.3, 0.4) is 0 Å². The van der Waals surface area contributed by atoms with Gasteiger partial charge >= 0.3 is 0 Å². The molecule has 1 aromatic rings. The third kappa shape index (κ3) is 1.84. The third-order valence-electron chi connectivity index (χ3n) is 4.07. The zero-order valence-electron chi connectivity index (χ0n) is 9.97. The van der Waals surface area contributed by atoms with E-state index in [1.165, 1.54) is 24.8 Å². The summed E-state index contributed by atoms with van der Waals surface area (Å²) in [7, 11) is 0. The largest absolute Gasteiger partial charge is 0.493 e. The summed E-state index contributed by atoms with van der Waals surface area (Å²) in [6.45, 7) is 0.763. The molecule has 0 saturated heterocycles. The minimum Gasteiger partial charge on any atom is -0.493 e. The molecule has 1 fully saturated rings. The normalized spacial score (nSPS) is 22.0. The van der Waals surface area contributed by atoms with E-state index < -0.39 is 0 Å². The molecule has 0 aromatic heterocycles. The Morgan fingerprint density at radius 1 is 1.18 bits per heavy atom. The Bertz CT molecular complexity index is 438. The van der Waals surface area contributed by atoms with Crippen molar-refractivity contribution >= 4 is 11.6 Å². The number of hydrogen-bond acceptors (Lipinski definition) is 2. The lowest BCUT2D eigenvalue weighted by Gasteiger charge is -2.35. The van der Waals surface area contributed by atoms with Crippen molar-refractivity contribution in [2.45, 2.75) is 44.1 Å². The molecular formula is C14H18ClNO. The molecule has 3 heteroatoms. The van der Waals surface area contributed by atoms with Crippen LogP contribution in [0.4, 0.5) is 0 Å². The van der Waals surface area contributed by atoms with E-state index in [1.807, 2.05) is 12.1 Å². The van der Waals surface area contributed by atoms with Gasteiger partial charge in [0.1, 0.15) is 5.75 Å². The Hall–Kier alpha value is -0.730. The molecule has 2 nitrogen and oxygen atoms in total. The first kappa shape index (κ1) is 11.4. The number of nitrogens with two attached hydrogens (primary N) is 1. The summed E-state index contributed by atoms with van der Waals surface area (Å²) in [5.41, 5.74) is 8.80. The fourth-order valence-electron chi connectivity index (χ4n) is 3.22. The molecule has 1 heterocycles. The molecule has 92 valence electrons. The zero-order chi connectivity index (χ0) is 11.9. The smallest absolute Gasteiger partial charge is 0.123 e. The highest BCUT2D eigenvalue weighted by molar-refractivity contribution is 6.31. The molecule has 17 heavy (non-hydrogen) atoms. The maximum Gasteiger partial charge on any atom is 0.123 e. The Labute approximate surface area is 107 Å². The Morgan fingerprint density at radius 3 is 2.71 bits per heavy atom. The Balaban J connectivity index is 2.10. The van der Waals surface area contributed by atoms with Crippen molar-refractivity contribution in [3.63, 3.8) is 0 Å². The van der Waals surface area contributed by atoms with Gasteiger partial charge in [-0.15, -0.1) is 0 Å². The number of halogens is 1. The van der Waals surface area contributed by atoms with Crippen molar-refractivity contribution in [3.8, 4) is 5.75 Å². The molecule has 0 spiro atoms. The second-order valence-electron chi connectivity index (χ2n) is 5.21. The topological polar surface area (TPSA) is 35.2 Å². The summed E-state index contributed by atoms with van der Waals surface area (Å²) in [6, 6.07) is 3.91. The predicted molar refractivity (Wildman–Crippen MR) is 69.6 cm³/mol. The average Bonchev–Trinajstić information content (AvgIpc) is 2.77. The number of ether oxygens (including phenoxy) is 1. The van der Waals surface area contributed by atoms with Gasteiger partial charge in [0, 0.05) is 22.5 Å². The lowest BCUT2D eigenvalue weighted by Crippen LogP contribution is -2.39. The highest BCUT2D eigenvalue weighted by atomic mass is 35.5. The number of hydrogen-bond donors (Lipinski definition) is 1. The maximum atomic E-state index is 6.61. The van der Waals surface area contributed by atoms with Gasteiger partial charge in [-0.3, -0.25) is 0 Å². The molecule has 0 bridgehead atoms. The first-order chi connectivity index (χ1) is 8.21. The molecule has 1 saturated carbocycles. The van der Waals surface area contributed by atoms with Crippen molar-refractivity contribution in [2.75, 3.05) is 6.61 Å². The first-order valence-electron chi connectivity index (χ1n) is 6.44. The minimum absolute atomic E-state index is 0.228. The summed E-state index contributed by atoms with van der Waals surface area (Å²) in [4.78, 5) is 0. The van der Waals surface area contributed by atoms with Crippen LogP contribution in [0.25, 0.3) is 0 Å². The molecule has 1 aliphatic carbocycles. The molecule has 0 amide bonds. The van der Waals surface area contributed by atoms with Crippen LogP contribution in [0.1, 0.15) is 43.2 Å². The van der Waals surface area contributed by atoms with Gasteiger partial charge in [-0.1, -0.05) is 30.9 Å². The van der Waals surface area contributed by atoms with Crippen molar-refractivity contribution in [2.24, 2.45) is 5.73 Å². The van der Waals surface area contributed by atoms with Crippen LogP contribution in [0.2, 0.25) is 5.02 Å². The van der Waals surface area contributed by atoms with Crippen LogP contribution >= 0.6 is 11.6 Å².